The fourth-order valence-electron chi connectivity index (χ4n) is 5.43. The minimum absolute atomic E-state index is 0.114. The number of aliphatic hydroxyl groups excluding tert-OH is 2. The van der Waals surface area contributed by atoms with Crippen molar-refractivity contribution in [3.8, 4) is 0 Å². The number of fused-ring (bicyclic) bond motifs is 2. The van der Waals surface area contributed by atoms with E-state index in [1.54, 1.807) is 12.1 Å². The maximum Gasteiger partial charge on any atom is 0.267 e. The largest absolute Gasteiger partial charge is 0.550 e. The lowest BCUT2D eigenvalue weighted by molar-refractivity contribution is -0.307. The van der Waals surface area contributed by atoms with E-state index in [-0.39, 0.29) is 24.9 Å². The lowest BCUT2D eigenvalue weighted by Crippen LogP contribution is -2.57. The van der Waals surface area contributed by atoms with E-state index < -0.39 is 28.8 Å². The molecule has 30 heavy (non-hydrogen) atoms. The number of thiophene rings is 1. The van der Waals surface area contributed by atoms with Crippen LogP contribution < -0.4 is 10.4 Å². The van der Waals surface area contributed by atoms with Crippen molar-refractivity contribution >= 4 is 39.7 Å². The first-order valence-corrected chi connectivity index (χ1v) is 11.7. The maximum atomic E-state index is 12.4. The highest BCUT2D eigenvalue weighted by Crippen LogP contribution is 2.62. The summed E-state index contributed by atoms with van der Waals surface area (Å²) in [5.41, 5.74) is -0.493. The number of carbonyl (C=O) groups excluding carboxylic acids is 2. The van der Waals surface area contributed by atoms with Gasteiger partial charge in [0.15, 0.2) is 5.13 Å². The molecule has 7 nitrogen and oxygen atoms in total. The first-order chi connectivity index (χ1) is 14.2. The number of aliphatic carboxylic acids is 1. The predicted molar refractivity (Wildman–Crippen MR) is 112 cm³/mol. The number of nitrogens with one attached hydrogen (secondary N) is 1. The molecule has 2 aromatic heterocycles. The highest BCUT2D eigenvalue weighted by Gasteiger charge is 2.58. The summed E-state index contributed by atoms with van der Waals surface area (Å²) in [6.07, 6.45) is 0.877. The Morgan fingerprint density at radius 1 is 1.40 bits per heavy atom. The molecule has 1 amide bonds. The minimum Gasteiger partial charge on any atom is -0.550 e. The Balaban J connectivity index is 1.73. The zero-order valence-electron chi connectivity index (χ0n) is 16.9. The average Bonchev–Trinajstić information content (AvgIpc) is 3.36. The number of aliphatic hydroxyl groups is 2. The van der Waals surface area contributed by atoms with Crippen molar-refractivity contribution in [1.29, 1.82) is 0 Å². The minimum atomic E-state index is -1.15. The molecule has 162 valence electrons. The van der Waals surface area contributed by atoms with Gasteiger partial charge in [-0.3, -0.25) is 10.1 Å². The van der Waals surface area contributed by atoms with E-state index in [4.69, 9.17) is 0 Å². The molecule has 4 rings (SSSR count). The van der Waals surface area contributed by atoms with E-state index in [1.165, 1.54) is 22.7 Å². The van der Waals surface area contributed by atoms with E-state index in [0.717, 1.165) is 4.88 Å². The Kier molecular flexibility index (Phi) is 5.50. The number of nitrogens with zero attached hydrogens (tertiary/aromatic N) is 1. The van der Waals surface area contributed by atoms with Crippen molar-refractivity contribution in [2.75, 3.05) is 11.9 Å². The van der Waals surface area contributed by atoms with Gasteiger partial charge in [-0.05, 0) is 48.5 Å². The van der Waals surface area contributed by atoms with E-state index >= 15 is 0 Å². The molecule has 5 atom stereocenters. The number of hydrogen-bond donors (Lipinski definition) is 3. The summed E-state index contributed by atoms with van der Waals surface area (Å²) in [5.74, 6) is -1.91. The van der Waals surface area contributed by atoms with Crippen molar-refractivity contribution in [2.45, 2.75) is 51.6 Å². The van der Waals surface area contributed by atoms with Crippen LogP contribution in [-0.2, 0) is 11.2 Å². The Labute approximate surface area is 182 Å². The number of amides is 1. The van der Waals surface area contributed by atoms with Crippen molar-refractivity contribution < 1.29 is 24.9 Å². The number of carboxylic acids is 1. The second kappa shape index (κ2) is 7.71. The van der Waals surface area contributed by atoms with Crippen molar-refractivity contribution in [3.05, 3.63) is 33.0 Å². The third-order valence-electron chi connectivity index (χ3n) is 7.23. The van der Waals surface area contributed by atoms with Gasteiger partial charge in [-0.1, -0.05) is 19.9 Å². The third-order valence-corrected chi connectivity index (χ3v) is 9.11. The molecule has 9 heteroatoms. The SMILES string of the molecule is C[C@]1(CO)[C@H]2Cc3sc(NC(=O)c4cccs4)nc3[C@@H](CC(=O)[O-])[C@]2(C)CC[C@H]1O. The summed E-state index contributed by atoms with van der Waals surface area (Å²) >= 11 is 2.68. The summed E-state index contributed by atoms with van der Waals surface area (Å²) in [4.78, 5) is 30.2. The lowest BCUT2D eigenvalue weighted by atomic mass is 9.47. The van der Waals surface area contributed by atoms with Crippen LogP contribution in [0.4, 0.5) is 5.13 Å². The second-order valence-corrected chi connectivity index (χ2v) is 10.9. The van der Waals surface area contributed by atoms with E-state index in [0.29, 0.717) is 35.0 Å². The molecule has 1 fully saturated rings. The number of carbonyl (C=O) groups is 2. The van der Waals surface area contributed by atoms with Gasteiger partial charge in [-0.15, -0.1) is 22.7 Å². The van der Waals surface area contributed by atoms with Crippen molar-refractivity contribution in [1.82, 2.24) is 4.98 Å². The average molecular weight is 450 g/mol. The first-order valence-electron chi connectivity index (χ1n) is 10.0. The lowest BCUT2D eigenvalue weighted by Gasteiger charge is -2.58. The van der Waals surface area contributed by atoms with Gasteiger partial charge < -0.3 is 20.1 Å². The molecule has 0 aromatic carbocycles. The zero-order chi connectivity index (χ0) is 21.7. The van der Waals surface area contributed by atoms with Gasteiger partial charge in [0.05, 0.1) is 23.3 Å². The Morgan fingerprint density at radius 3 is 2.80 bits per heavy atom. The van der Waals surface area contributed by atoms with Crippen LogP contribution in [0.5, 0.6) is 0 Å². The standard InChI is InChI=1S/C21H26N2O5S2/c1-20-6-5-15(25)21(2,10-24)14(20)9-13-17(11(20)8-16(26)27)22-19(30-13)23-18(28)12-4-3-7-29-12/h3-4,7,11,14-15,24-25H,5-6,8-10H2,1-2H3,(H,26,27)(H,22,23,28)/p-1/t11-,14+,15-,20+,21+/m1/s1. The molecule has 0 saturated heterocycles. The number of thiazole rings is 1. The summed E-state index contributed by atoms with van der Waals surface area (Å²) in [6, 6.07) is 3.53. The highest BCUT2D eigenvalue weighted by molar-refractivity contribution is 7.16. The summed E-state index contributed by atoms with van der Waals surface area (Å²) in [6.45, 7) is 3.74. The molecule has 0 spiro atoms. The van der Waals surface area contributed by atoms with Crippen LogP contribution in [0.15, 0.2) is 17.5 Å². The van der Waals surface area contributed by atoms with E-state index in [1.807, 2.05) is 19.2 Å². The van der Waals surface area contributed by atoms with Gasteiger partial charge in [0, 0.05) is 22.2 Å². The van der Waals surface area contributed by atoms with Gasteiger partial charge in [-0.2, -0.15) is 0 Å². The number of anilines is 1. The second-order valence-electron chi connectivity index (χ2n) is 8.87. The Bertz CT molecular complexity index is 959. The van der Waals surface area contributed by atoms with Gasteiger partial charge in [0.1, 0.15) is 0 Å². The molecular formula is C21H25N2O5S2-. The van der Waals surface area contributed by atoms with Gasteiger partial charge in [-0.25, -0.2) is 4.98 Å². The topological polar surface area (TPSA) is 123 Å². The molecule has 2 heterocycles. The van der Waals surface area contributed by atoms with E-state index in [2.05, 4.69) is 10.3 Å². The molecule has 1 saturated carbocycles. The van der Waals surface area contributed by atoms with Crippen LogP contribution in [0.1, 0.15) is 59.3 Å². The Hall–Kier alpha value is -1.81. The smallest absolute Gasteiger partial charge is 0.267 e. The van der Waals surface area contributed by atoms with Crippen LogP contribution in [0, 0.1) is 16.7 Å². The fraction of sp³-hybridized carbons (Fsp3) is 0.571. The van der Waals surface area contributed by atoms with Gasteiger partial charge in [0.25, 0.3) is 5.91 Å². The quantitative estimate of drug-likeness (QED) is 0.642. The molecule has 0 aliphatic heterocycles. The van der Waals surface area contributed by atoms with Gasteiger partial charge >= 0.3 is 0 Å². The fourth-order valence-corrected chi connectivity index (χ4v) is 7.11. The molecule has 2 aliphatic carbocycles. The molecule has 0 unspecified atom stereocenters. The summed E-state index contributed by atoms with van der Waals surface area (Å²) in [7, 11) is 0. The normalized spacial score (nSPS) is 32.9. The Morgan fingerprint density at radius 2 is 2.17 bits per heavy atom. The van der Waals surface area contributed by atoms with Crippen molar-refractivity contribution in [3.63, 3.8) is 0 Å². The summed E-state index contributed by atoms with van der Waals surface area (Å²) < 4.78 is 0. The number of hydrogen-bond acceptors (Lipinski definition) is 8. The van der Waals surface area contributed by atoms with Crippen LogP contribution in [0.2, 0.25) is 0 Å². The van der Waals surface area contributed by atoms with Crippen LogP contribution in [0.3, 0.4) is 0 Å². The highest BCUT2D eigenvalue weighted by atomic mass is 32.1. The zero-order valence-corrected chi connectivity index (χ0v) is 18.5. The summed E-state index contributed by atoms with van der Waals surface area (Å²) in [5, 5.41) is 37.6. The monoisotopic (exact) mass is 449 g/mol. The number of rotatable bonds is 5. The van der Waals surface area contributed by atoms with Crippen molar-refractivity contribution in [2.24, 2.45) is 16.7 Å². The molecule has 2 aromatic rings. The number of aromatic nitrogens is 1. The molecule has 3 N–H and O–H groups in total. The maximum absolute atomic E-state index is 12.4. The molecular weight excluding hydrogens is 424 g/mol. The van der Waals surface area contributed by atoms with Crippen LogP contribution in [0.25, 0.3) is 0 Å². The predicted octanol–water partition coefficient (Wildman–Crippen LogP) is 2.01. The molecule has 0 radical (unpaired) electrons. The van der Waals surface area contributed by atoms with E-state index in [9.17, 15) is 24.9 Å². The molecule has 2 aliphatic rings. The number of carboxylic acid groups (broad SMARTS) is 1. The first kappa shape index (κ1) is 21.4. The van der Waals surface area contributed by atoms with Crippen LogP contribution >= 0.6 is 22.7 Å². The van der Waals surface area contributed by atoms with Crippen LogP contribution in [-0.4, -0.2) is 39.8 Å². The third kappa shape index (κ3) is 3.37. The molecule has 0 bridgehead atoms. The van der Waals surface area contributed by atoms with Gasteiger partial charge in [0.2, 0.25) is 0 Å².